The third-order valence-electron chi connectivity index (χ3n) is 3.58. The molecule has 5 heteroatoms. The molecule has 1 fully saturated rings. The van der Waals surface area contributed by atoms with Crippen LogP contribution in [-0.4, -0.2) is 29.8 Å². The van der Waals surface area contributed by atoms with E-state index in [1.807, 2.05) is 19.1 Å². The molecule has 3 N–H and O–H groups in total. The summed E-state index contributed by atoms with van der Waals surface area (Å²) in [5, 5.41) is 14.7. The highest BCUT2D eigenvalue weighted by atomic mass is 79.9. The minimum atomic E-state index is -0.111. The van der Waals surface area contributed by atoms with Crippen LogP contribution in [0.1, 0.15) is 37.7 Å². The lowest BCUT2D eigenvalue weighted by atomic mass is 10.1. The first kappa shape index (κ1) is 15.3. The van der Waals surface area contributed by atoms with Crippen molar-refractivity contribution in [3.05, 3.63) is 34.3 Å². The van der Waals surface area contributed by atoms with Crippen LogP contribution in [-0.2, 0) is 0 Å². The Bertz CT molecular complexity index is 450. The Morgan fingerprint density at radius 3 is 2.80 bits per heavy atom. The molecule has 20 heavy (non-hydrogen) atoms. The summed E-state index contributed by atoms with van der Waals surface area (Å²) in [5.74, 6) is 0.432. The predicted molar refractivity (Wildman–Crippen MR) is 82.7 cm³/mol. The summed E-state index contributed by atoms with van der Waals surface area (Å²) in [6, 6.07) is 8.47. The van der Waals surface area contributed by atoms with Crippen LogP contribution >= 0.6 is 15.9 Å². The number of carbonyl (C=O) groups is 1. The second kappa shape index (κ2) is 7.09. The van der Waals surface area contributed by atoms with Gasteiger partial charge in [-0.25, -0.2) is 4.79 Å². The van der Waals surface area contributed by atoms with Gasteiger partial charge in [-0.1, -0.05) is 28.1 Å². The molecule has 1 aliphatic carbocycles. The zero-order valence-electron chi connectivity index (χ0n) is 11.6. The average molecular weight is 341 g/mol. The smallest absolute Gasteiger partial charge is 0.315 e. The van der Waals surface area contributed by atoms with Gasteiger partial charge < -0.3 is 15.7 Å². The molecular weight excluding hydrogens is 320 g/mol. The number of aliphatic hydroxyl groups is 1. The van der Waals surface area contributed by atoms with Gasteiger partial charge in [-0.2, -0.15) is 0 Å². The molecule has 0 radical (unpaired) electrons. The molecule has 0 aliphatic heterocycles. The van der Waals surface area contributed by atoms with E-state index in [0.717, 1.165) is 17.3 Å². The Morgan fingerprint density at radius 1 is 1.45 bits per heavy atom. The van der Waals surface area contributed by atoms with Crippen molar-refractivity contribution >= 4 is 22.0 Å². The number of halogens is 1. The zero-order valence-corrected chi connectivity index (χ0v) is 13.2. The summed E-state index contributed by atoms with van der Waals surface area (Å²) in [5.41, 5.74) is 1.27. The minimum absolute atomic E-state index is 0.0898. The lowest BCUT2D eigenvalue weighted by Gasteiger charge is -2.14. The highest BCUT2D eigenvalue weighted by molar-refractivity contribution is 9.10. The third-order valence-corrected chi connectivity index (χ3v) is 4.11. The van der Waals surface area contributed by atoms with Gasteiger partial charge in [0, 0.05) is 29.1 Å². The molecule has 110 valence electrons. The molecule has 2 amide bonds. The summed E-state index contributed by atoms with van der Waals surface area (Å²) >= 11 is 3.42. The molecule has 2 rings (SSSR count). The van der Waals surface area contributed by atoms with Crippen molar-refractivity contribution in [1.82, 2.24) is 10.6 Å². The van der Waals surface area contributed by atoms with Crippen molar-refractivity contribution in [2.75, 3.05) is 6.61 Å². The summed E-state index contributed by atoms with van der Waals surface area (Å²) in [4.78, 5) is 11.8. The standard InChI is InChI=1S/C15H21BrN2O2/c1-10(3-2-8-19)17-15(20)18-14-9-13(14)11-4-6-12(16)7-5-11/h4-7,10,13-14,19H,2-3,8-9H2,1H3,(H2,17,18,20). The van der Waals surface area contributed by atoms with Gasteiger partial charge in [-0.05, 0) is 43.9 Å². The van der Waals surface area contributed by atoms with Crippen LogP contribution in [0.25, 0.3) is 0 Å². The Hall–Kier alpha value is -1.07. The number of amides is 2. The van der Waals surface area contributed by atoms with Gasteiger partial charge in [0.1, 0.15) is 0 Å². The molecule has 0 spiro atoms. The number of hydrogen-bond donors (Lipinski definition) is 3. The first-order valence-corrected chi connectivity index (χ1v) is 7.83. The van der Waals surface area contributed by atoms with Crippen LogP contribution in [0.5, 0.6) is 0 Å². The second-order valence-corrected chi connectivity index (χ2v) is 6.30. The molecule has 4 nitrogen and oxygen atoms in total. The van der Waals surface area contributed by atoms with E-state index >= 15 is 0 Å². The largest absolute Gasteiger partial charge is 0.396 e. The Morgan fingerprint density at radius 2 is 2.15 bits per heavy atom. The monoisotopic (exact) mass is 340 g/mol. The van der Waals surface area contributed by atoms with Gasteiger partial charge in [0.15, 0.2) is 0 Å². The SMILES string of the molecule is CC(CCCO)NC(=O)NC1CC1c1ccc(Br)cc1. The van der Waals surface area contributed by atoms with Crippen molar-refractivity contribution in [3.63, 3.8) is 0 Å². The van der Waals surface area contributed by atoms with Crippen LogP contribution < -0.4 is 10.6 Å². The van der Waals surface area contributed by atoms with E-state index in [-0.39, 0.29) is 24.7 Å². The van der Waals surface area contributed by atoms with Crippen LogP contribution in [0.3, 0.4) is 0 Å². The number of rotatable bonds is 6. The van der Waals surface area contributed by atoms with Gasteiger partial charge in [0.05, 0.1) is 0 Å². The minimum Gasteiger partial charge on any atom is -0.396 e. The van der Waals surface area contributed by atoms with Crippen molar-refractivity contribution in [2.45, 2.75) is 44.2 Å². The fourth-order valence-corrected chi connectivity index (χ4v) is 2.60. The molecule has 3 unspecified atom stereocenters. The first-order valence-electron chi connectivity index (χ1n) is 7.03. The Labute approximate surface area is 128 Å². The molecule has 0 saturated heterocycles. The van der Waals surface area contributed by atoms with E-state index < -0.39 is 0 Å². The van der Waals surface area contributed by atoms with E-state index in [4.69, 9.17) is 5.11 Å². The maximum absolute atomic E-state index is 11.8. The lowest BCUT2D eigenvalue weighted by Crippen LogP contribution is -2.42. The number of urea groups is 1. The topological polar surface area (TPSA) is 61.4 Å². The fraction of sp³-hybridized carbons (Fsp3) is 0.533. The highest BCUT2D eigenvalue weighted by Crippen LogP contribution is 2.40. The van der Waals surface area contributed by atoms with E-state index in [0.29, 0.717) is 12.3 Å². The Kier molecular flexibility index (Phi) is 5.43. The molecule has 1 saturated carbocycles. The lowest BCUT2D eigenvalue weighted by molar-refractivity contribution is 0.233. The number of carbonyl (C=O) groups excluding carboxylic acids is 1. The second-order valence-electron chi connectivity index (χ2n) is 5.38. The number of nitrogens with one attached hydrogen (secondary N) is 2. The maximum atomic E-state index is 11.8. The fourth-order valence-electron chi connectivity index (χ4n) is 2.34. The van der Waals surface area contributed by atoms with Gasteiger partial charge in [0.25, 0.3) is 0 Å². The third kappa shape index (κ3) is 4.49. The van der Waals surface area contributed by atoms with E-state index in [1.54, 1.807) is 0 Å². The average Bonchev–Trinajstić information content (AvgIpc) is 3.16. The number of benzene rings is 1. The van der Waals surface area contributed by atoms with E-state index in [2.05, 4.69) is 38.7 Å². The van der Waals surface area contributed by atoms with Gasteiger partial charge in [-0.3, -0.25) is 0 Å². The molecule has 0 aromatic heterocycles. The van der Waals surface area contributed by atoms with Crippen LogP contribution in [0.4, 0.5) is 4.79 Å². The van der Waals surface area contributed by atoms with Gasteiger partial charge in [0.2, 0.25) is 0 Å². The van der Waals surface area contributed by atoms with E-state index in [1.165, 1.54) is 5.56 Å². The number of aliphatic hydroxyl groups excluding tert-OH is 1. The summed E-state index contributed by atoms with van der Waals surface area (Å²) in [6.07, 6.45) is 2.51. The van der Waals surface area contributed by atoms with E-state index in [9.17, 15) is 4.79 Å². The molecule has 0 heterocycles. The summed E-state index contributed by atoms with van der Waals surface area (Å²) in [6.45, 7) is 2.12. The van der Waals surface area contributed by atoms with Gasteiger partial charge in [-0.15, -0.1) is 0 Å². The van der Waals surface area contributed by atoms with Crippen molar-refractivity contribution in [2.24, 2.45) is 0 Å². The van der Waals surface area contributed by atoms with Crippen molar-refractivity contribution in [1.29, 1.82) is 0 Å². The molecule has 3 atom stereocenters. The quantitative estimate of drug-likeness (QED) is 0.745. The Balaban J connectivity index is 1.73. The zero-order chi connectivity index (χ0) is 14.5. The molecule has 1 aromatic carbocycles. The molecule has 1 aliphatic rings. The first-order chi connectivity index (χ1) is 9.60. The predicted octanol–water partition coefficient (Wildman–Crippen LogP) is 2.77. The van der Waals surface area contributed by atoms with Crippen LogP contribution in [0, 0.1) is 0 Å². The summed E-state index contributed by atoms with van der Waals surface area (Å²) < 4.78 is 1.07. The van der Waals surface area contributed by atoms with Crippen LogP contribution in [0.2, 0.25) is 0 Å². The highest BCUT2D eigenvalue weighted by Gasteiger charge is 2.39. The van der Waals surface area contributed by atoms with Crippen LogP contribution in [0.15, 0.2) is 28.7 Å². The molecular formula is C15H21BrN2O2. The summed E-state index contributed by atoms with van der Waals surface area (Å²) in [7, 11) is 0. The molecule has 0 bridgehead atoms. The molecule has 1 aromatic rings. The van der Waals surface area contributed by atoms with Gasteiger partial charge >= 0.3 is 6.03 Å². The number of hydrogen-bond acceptors (Lipinski definition) is 2. The maximum Gasteiger partial charge on any atom is 0.315 e. The normalized spacial score (nSPS) is 22.1. The van der Waals surface area contributed by atoms with Crippen molar-refractivity contribution < 1.29 is 9.90 Å². The van der Waals surface area contributed by atoms with Crippen molar-refractivity contribution in [3.8, 4) is 0 Å².